The van der Waals surface area contributed by atoms with Crippen molar-refractivity contribution in [2.75, 3.05) is 32.6 Å². The number of aromatic nitrogens is 1. The molecule has 0 aliphatic heterocycles. The highest BCUT2D eigenvalue weighted by atomic mass is 35.5. The monoisotopic (exact) mass is 371 g/mol. The number of likely N-dealkylation sites (N-methyl/N-ethyl adjacent to an activating group) is 1. The van der Waals surface area contributed by atoms with Crippen LogP contribution < -0.4 is 10.1 Å². The molecule has 0 spiro atoms. The molecule has 0 radical (unpaired) electrons. The van der Waals surface area contributed by atoms with Crippen molar-refractivity contribution in [1.82, 2.24) is 9.88 Å². The summed E-state index contributed by atoms with van der Waals surface area (Å²) < 4.78 is 5.65. The maximum absolute atomic E-state index is 12.4. The number of para-hydroxylation sites is 1. The topological polar surface area (TPSA) is 57.4 Å². The number of hydrogen-bond acceptors (Lipinski definition) is 3. The molecule has 5 nitrogen and oxygen atoms in total. The third-order valence-corrected chi connectivity index (χ3v) is 4.33. The van der Waals surface area contributed by atoms with Crippen LogP contribution in [-0.2, 0) is 11.2 Å². The molecule has 1 heterocycles. The number of hydrogen-bond donors (Lipinski definition) is 2. The quantitative estimate of drug-likeness (QED) is 0.661. The van der Waals surface area contributed by atoms with Crippen LogP contribution in [0.25, 0.3) is 10.9 Å². The molecule has 0 bridgehead atoms. The summed E-state index contributed by atoms with van der Waals surface area (Å²) in [6.07, 6.45) is 2.17. The van der Waals surface area contributed by atoms with Gasteiger partial charge in [-0.05, 0) is 43.9 Å². The zero-order valence-electron chi connectivity index (χ0n) is 14.9. The molecule has 6 heteroatoms. The van der Waals surface area contributed by atoms with E-state index >= 15 is 0 Å². The lowest BCUT2D eigenvalue weighted by molar-refractivity contribution is -0.115. The number of nitrogens with one attached hydrogen (secondary N) is 2. The smallest absolute Gasteiger partial charge is 0.228 e. The first-order chi connectivity index (χ1) is 12.5. The van der Waals surface area contributed by atoms with Gasteiger partial charge in [0.05, 0.1) is 11.4 Å². The molecule has 1 amide bonds. The van der Waals surface area contributed by atoms with Gasteiger partial charge in [0.2, 0.25) is 5.91 Å². The van der Waals surface area contributed by atoms with Gasteiger partial charge in [0.25, 0.3) is 0 Å². The number of aromatic amines is 1. The number of rotatable bonds is 7. The van der Waals surface area contributed by atoms with Crippen molar-refractivity contribution in [3.8, 4) is 5.75 Å². The first kappa shape index (κ1) is 18.3. The van der Waals surface area contributed by atoms with Crippen LogP contribution in [0.3, 0.4) is 0 Å². The predicted molar refractivity (Wildman–Crippen MR) is 106 cm³/mol. The van der Waals surface area contributed by atoms with Crippen LogP contribution in [0.1, 0.15) is 5.56 Å². The Morgan fingerprint density at radius 3 is 2.81 bits per heavy atom. The summed E-state index contributed by atoms with van der Waals surface area (Å²) in [5, 5.41) is 4.43. The molecule has 2 N–H and O–H groups in total. The maximum Gasteiger partial charge on any atom is 0.228 e. The fourth-order valence-electron chi connectivity index (χ4n) is 2.69. The Labute approximate surface area is 157 Å². The van der Waals surface area contributed by atoms with Crippen LogP contribution in [0.15, 0.2) is 48.7 Å². The van der Waals surface area contributed by atoms with Crippen LogP contribution in [0, 0.1) is 0 Å². The Kier molecular flexibility index (Phi) is 5.81. The van der Waals surface area contributed by atoms with Crippen LogP contribution >= 0.6 is 11.6 Å². The first-order valence-electron chi connectivity index (χ1n) is 8.45. The Bertz CT molecular complexity index is 905. The van der Waals surface area contributed by atoms with Crippen LogP contribution in [0.5, 0.6) is 5.75 Å². The van der Waals surface area contributed by atoms with Crippen molar-refractivity contribution in [3.63, 3.8) is 0 Å². The van der Waals surface area contributed by atoms with Crippen molar-refractivity contribution in [1.29, 1.82) is 0 Å². The van der Waals surface area contributed by atoms with E-state index in [1.807, 2.05) is 49.5 Å². The van der Waals surface area contributed by atoms with Crippen molar-refractivity contribution >= 4 is 34.1 Å². The van der Waals surface area contributed by atoms with E-state index in [0.717, 1.165) is 23.0 Å². The minimum atomic E-state index is -0.0907. The second-order valence-electron chi connectivity index (χ2n) is 6.38. The van der Waals surface area contributed by atoms with Crippen LogP contribution in [0.4, 0.5) is 5.69 Å². The minimum absolute atomic E-state index is 0.0907. The summed E-state index contributed by atoms with van der Waals surface area (Å²) in [5.41, 5.74) is 2.64. The van der Waals surface area contributed by atoms with Crippen molar-refractivity contribution in [2.45, 2.75) is 6.42 Å². The Morgan fingerprint density at radius 1 is 1.23 bits per heavy atom. The van der Waals surface area contributed by atoms with Gasteiger partial charge in [0.15, 0.2) is 0 Å². The molecule has 0 fully saturated rings. The summed E-state index contributed by atoms with van der Waals surface area (Å²) in [4.78, 5) is 17.6. The first-order valence-corrected chi connectivity index (χ1v) is 8.82. The minimum Gasteiger partial charge on any atom is -0.491 e. The number of carbonyl (C=O) groups is 1. The highest BCUT2D eigenvalue weighted by molar-refractivity contribution is 6.32. The second kappa shape index (κ2) is 8.25. The van der Waals surface area contributed by atoms with Gasteiger partial charge in [-0.1, -0.05) is 29.8 Å². The molecule has 3 aromatic rings. The summed E-state index contributed by atoms with van der Waals surface area (Å²) >= 11 is 6.25. The summed E-state index contributed by atoms with van der Waals surface area (Å²) in [6, 6.07) is 13.2. The summed E-state index contributed by atoms with van der Waals surface area (Å²) in [7, 11) is 3.97. The molecule has 0 aliphatic carbocycles. The van der Waals surface area contributed by atoms with Crippen LogP contribution in [0.2, 0.25) is 5.02 Å². The molecule has 1 aromatic heterocycles. The molecule has 0 saturated heterocycles. The zero-order chi connectivity index (χ0) is 18.5. The van der Waals surface area contributed by atoms with E-state index in [4.69, 9.17) is 16.3 Å². The van der Waals surface area contributed by atoms with E-state index in [9.17, 15) is 4.79 Å². The van der Waals surface area contributed by atoms with Gasteiger partial charge in [0.1, 0.15) is 12.4 Å². The average Bonchev–Trinajstić information content (AvgIpc) is 2.99. The third-order valence-electron chi connectivity index (χ3n) is 4.04. The number of fused-ring (bicyclic) bond motifs is 1. The van der Waals surface area contributed by atoms with Gasteiger partial charge in [-0.15, -0.1) is 0 Å². The van der Waals surface area contributed by atoms with Gasteiger partial charge >= 0.3 is 0 Å². The average molecular weight is 372 g/mol. The molecule has 26 heavy (non-hydrogen) atoms. The highest BCUT2D eigenvalue weighted by Gasteiger charge is 2.10. The van der Waals surface area contributed by atoms with Gasteiger partial charge in [-0.25, -0.2) is 0 Å². The Hall–Kier alpha value is -2.50. The third kappa shape index (κ3) is 4.56. The van der Waals surface area contributed by atoms with E-state index in [0.29, 0.717) is 29.5 Å². The number of benzene rings is 2. The van der Waals surface area contributed by atoms with Gasteiger partial charge in [-0.3, -0.25) is 4.79 Å². The van der Waals surface area contributed by atoms with Crippen molar-refractivity contribution in [2.24, 2.45) is 0 Å². The highest BCUT2D eigenvalue weighted by Crippen LogP contribution is 2.28. The van der Waals surface area contributed by atoms with Gasteiger partial charge in [-0.2, -0.15) is 0 Å². The molecule has 0 unspecified atom stereocenters. The lowest BCUT2D eigenvalue weighted by atomic mass is 10.1. The normalized spacial score (nSPS) is 11.1. The number of ether oxygens (including phenoxy) is 1. The number of nitrogens with zero attached hydrogens (tertiary/aromatic N) is 1. The number of carbonyl (C=O) groups excluding carboxylic acids is 1. The maximum atomic E-state index is 12.4. The lowest BCUT2D eigenvalue weighted by Gasteiger charge is -2.13. The number of halogens is 1. The number of anilines is 1. The summed E-state index contributed by atoms with van der Waals surface area (Å²) in [5.74, 6) is 0.523. The molecule has 0 atom stereocenters. The largest absolute Gasteiger partial charge is 0.491 e. The molecule has 3 rings (SSSR count). The molecule has 2 aromatic carbocycles. The molecule has 136 valence electrons. The Balaban J connectivity index is 1.61. The standard InChI is InChI=1S/C20H22ClN3O2/c1-24(2)9-10-26-19-8-7-15(12-17(19)21)23-20(25)11-14-13-22-18-6-4-3-5-16(14)18/h3-8,12-13,22H,9-11H2,1-2H3,(H,23,25). The molecular weight excluding hydrogens is 350 g/mol. The fourth-order valence-corrected chi connectivity index (χ4v) is 2.92. The van der Waals surface area contributed by atoms with Gasteiger partial charge < -0.3 is 19.9 Å². The number of H-pyrrole nitrogens is 1. The number of amides is 1. The zero-order valence-corrected chi connectivity index (χ0v) is 15.6. The van der Waals surface area contributed by atoms with E-state index in [1.165, 1.54) is 0 Å². The molecule has 0 aliphatic rings. The van der Waals surface area contributed by atoms with E-state index in [2.05, 4.69) is 10.3 Å². The van der Waals surface area contributed by atoms with E-state index < -0.39 is 0 Å². The SMILES string of the molecule is CN(C)CCOc1ccc(NC(=O)Cc2c[nH]c3ccccc23)cc1Cl. The Morgan fingerprint density at radius 2 is 2.04 bits per heavy atom. The lowest BCUT2D eigenvalue weighted by Crippen LogP contribution is -2.19. The van der Waals surface area contributed by atoms with Crippen molar-refractivity contribution in [3.05, 3.63) is 59.2 Å². The summed E-state index contributed by atoms with van der Waals surface area (Å²) in [6.45, 7) is 1.36. The van der Waals surface area contributed by atoms with E-state index in [1.54, 1.807) is 18.2 Å². The van der Waals surface area contributed by atoms with Crippen molar-refractivity contribution < 1.29 is 9.53 Å². The molecule has 0 saturated carbocycles. The molecular formula is C20H22ClN3O2. The predicted octanol–water partition coefficient (Wildman–Crippen LogP) is 3.94. The van der Waals surface area contributed by atoms with Gasteiger partial charge in [0, 0.05) is 29.3 Å². The second-order valence-corrected chi connectivity index (χ2v) is 6.79. The van der Waals surface area contributed by atoms with Crippen LogP contribution in [-0.4, -0.2) is 43.0 Å². The van der Waals surface area contributed by atoms with E-state index in [-0.39, 0.29) is 5.91 Å². The fraction of sp³-hybridized carbons (Fsp3) is 0.250.